The summed E-state index contributed by atoms with van der Waals surface area (Å²) < 4.78 is 40.6. The van der Waals surface area contributed by atoms with Crippen molar-refractivity contribution in [1.29, 1.82) is 0 Å². The zero-order valence-corrected chi connectivity index (χ0v) is 12.5. The minimum absolute atomic E-state index is 0.121. The largest absolute Gasteiger partial charge is 0.481 e. The van der Waals surface area contributed by atoms with E-state index in [1.807, 2.05) is 24.3 Å². The van der Waals surface area contributed by atoms with Gasteiger partial charge in [-0.25, -0.2) is 0 Å². The molecule has 2 atom stereocenters. The van der Waals surface area contributed by atoms with Gasteiger partial charge in [-0.1, -0.05) is 18.2 Å². The Balaban J connectivity index is 1.77. The highest BCUT2D eigenvalue weighted by atomic mass is 19.4. The third-order valence-corrected chi connectivity index (χ3v) is 4.40. The molecule has 0 radical (unpaired) electrons. The number of aromatic nitrogens is 1. The van der Waals surface area contributed by atoms with Gasteiger partial charge < -0.3 is 14.6 Å². The number of para-hydroxylation sites is 1. The molecule has 1 N–H and O–H groups in total. The second-order valence-electron chi connectivity index (χ2n) is 5.89. The second kappa shape index (κ2) is 5.85. The lowest BCUT2D eigenvalue weighted by atomic mass is 9.96. The van der Waals surface area contributed by atoms with Gasteiger partial charge in [0.05, 0.1) is 11.8 Å². The number of carbonyl (C=O) groups is 2. The Morgan fingerprint density at radius 3 is 2.50 bits per heavy atom. The van der Waals surface area contributed by atoms with Crippen LogP contribution in [-0.2, 0) is 16.1 Å². The Morgan fingerprint density at radius 1 is 1.17 bits per heavy atom. The molecule has 0 unspecified atom stereocenters. The van der Waals surface area contributed by atoms with Gasteiger partial charge in [0.25, 0.3) is 0 Å². The Kier molecular flexibility index (Phi) is 3.98. The number of carboxylic acids is 1. The van der Waals surface area contributed by atoms with Gasteiger partial charge in [0, 0.05) is 24.8 Å². The van der Waals surface area contributed by atoms with Crippen LogP contribution in [0.2, 0.25) is 0 Å². The van der Waals surface area contributed by atoms with E-state index in [1.54, 1.807) is 16.8 Å². The Labute approximate surface area is 135 Å². The Morgan fingerprint density at radius 2 is 1.88 bits per heavy atom. The maximum absolute atomic E-state index is 13.0. The van der Waals surface area contributed by atoms with Gasteiger partial charge in [-0.15, -0.1) is 0 Å². The van der Waals surface area contributed by atoms with Gasteiger partial charge in [-0.3, -0.25) is 9.59 Å². The van der Waals surface area contributed by atoms with Crippen molar-refractivity contribution in [3.05, 3.63) is 36.5 Å². The van der Waals surface area contributed by atoms with Crippen LogP contribution in [0.25, 0.3) is 10.9 Å². The van der Waals surface area contributed by atoms with Crippen LogP contribution in [0.1, 0.15) is 0 Å². The van der Waals surface area contributed by atoms with Crippen molar-refractivity contribution in [2.75, 3.05) is 13.1 Å². The lowest BCUT2D eigenvalue weighted by Gasteiger charge is -2.18. The number of rotatable bonds is 3. The van der Waals surface area contributed by atoms with E-state index < -0.39 is 43.0 Å². The number of likely N-dealkylation sites (tertiary alicyclic amines) is 1. The van der Waals surface area contributed by atoms with Gasteiger partial charge in [0.2, 0.25) is 5.91 Å². The summed E-state index contributed by atoms with van der Waals surface area (Å²) in [6, 6.07) is 9.14. The highest BCUT2D eigenvalue weighted by Gasteiger charge is 2.53. The van der Waals surface area contributed by atoms with Crippen molar-refractivity contribution < 1.29 is 27.9 Å². The minimum Gasteiger partial charge on any atom is -0.481 e. The maximum Gasteiger partial charge on any atom is 0.394 e. The molecule has 8 heteroatoms. The molecule has 1 amide bonds. The maximum atomic E-state index is 13.0. The fraction of sp³-hybridized carbons (Fsp3) is 0.375. The average molecular weight is 340 g/mol. The summed E-state index contributed by atoms with van der Waals surface area (Å²) in [6.07, 6.45) is -2.95. The third kappa shape index (κ3) is 2.95. The Hall–Kier alpha value is -2.51. The molecule has 1 saturated heterocycles. The number of benzene rings is 1. The summed E-state index contributed by atoms with van der Waals surface area (Å²) in [5, 5.41) is 9.92. The number of fused-ring (bicyclic) bond motifs is 1. The van der Waals surface area contributed by atoms with Gasteiger partial charge >= 0.3 is 12.1 Å². The van der Waals surface area contributed by atoms with E-state index in [0.29, 0.717) is 0 Å². The van der Waals surface area contributed by atoms with E-state index in [2.05, 4.69) is 0 Å². The molecule has 1 aromatic carbocycles. The molecule has 1 aliphatic heterocycles. The lowest BCUT2D eigenvalue weighted by Crippen LogP contribution is -2.34. The number of hydrogen-bond donors (Lipinski definition) is 1. The first kappa shape index (κ1) is 16.4. The number of hydrogen-bond acceptors (Lipinski definition) is 2. The second-order valence-corrected chi connectivity index (χ2v) is 5.89. The topological polar surface area (TPSA) is 62.5 Å². The summed E-state index contributed by atoms with van der Waals surface area (Å²) in [6.45, 7) is -1.15. The number of amides is 1. The van der Waals surface area contributed by atoms with Crippen LogP contribution in [0.3, 0.4) is 0 Å². The van der Waals surface area contributed by atoms with E-state index in [1.165, 1.54) is 0 Å². The SMILES string of the molecule is O=C(O)[C@@H]1CN(C(=O)Cn2ccc3ccccc32)C[C@H]1C(F)(F)F. The van der Waals surface area contributed by atoms with Gasteiger partial charge in [0.15, 0.2) is 0 Å². The van der Waals surface area contributed by atoms with Crippen LogP contribution < -0.4 is 0 Å². The average Bonchev–Trinajstić information content (AvgIpc) is 3.11. The molecule has 128 valence electrons. The first-order valence-corrected chi connectivity index (χ1v) is 7.38. The van der Waals surface area contributed by atoms with Crippen LogP contribution in [-0.4, -0.2) is 45.7 Å². The van der Waals surface area contributed by atoms with E-state index in [0.717, 1.165) is 15.8 Å². The van der Waals surface area contributed by atoms with E-state index in [9.17, 15) is 22.8 Å². The van der Waals surface area contributed by atoms with Crippen molar-refractivity contribution in [3.8, 4) is 0 Å². The van der Waals surface area contributed by atoms with Crippen molar-refractivity contribution in [1.82, 2.24) is 9.47 Å². The number of carbonyl (C=O) groups excluding carboxylic acids is 1. The van der Waals surface area contributed by atoms with Gasteiger partial charge in [0.1, 0.15) is 6.54 Å². The molecule has 2 heterocycles. The molecule has 24 heavy (non-hydrogen) atoms. The number of carboxylic acid groups (broad SMARTS) is 1. The third-order valence-electron chi connectivity index (χ3n) is 4.40. The summed E-state index contributed by atoms with van der Waals surface area (Å²) in [5.74, 6) is -5.69. The minimum atomic E-state index is -4.64. The zero-order chi connectivity index (χ0) is 17.5. The summed E-state index contributed by atoms with van der Waals surface area (Å²) in [5.41, 5.74) is 0.798. The molecule has 2 aromatic rings. The van der Waals surface area contributed by atoms with E-state index in [-0.39, 0.29) is 6.54 Å². The van der Waals surface area contributed by atoms with Crippen LogP contribution in [0.5, 0.6) is 0 Å². The molecule has 0 aliphatic carbocycles. The smallest absolute Gasteiger partial charge is 0.394 e. The van der Waals surface area contributed by atoms with Gasteiger partial charge in [-0.05, 0) is 17.5 Å². The van der Waals surface area contributed by atoms with Crippen LogP contribution in [0.4, 0.5) is 13.2 Å². The molecule has 5 nitrogen and oxygen atoms in total. The molecule has 1 aliphatic rings. The number of aliphatic carboxylic acids is 1. The summed E-state index contributed by atoms with van der Waals surface area (Å²) >= 11 is 0. The van der Waals surface area contributed by atoms with Crippen molar-refractivity contribution >= 4 is 22.8 Å². The van der Waals surface area contributed by atoms with Crippen LogP contribution in [0, 0.1) is 11.8 Å². The van der Waals surface area contributed by atoms with E-state index in [4.69, 9.17) is 5.11 Å². The fourth-order valence-electron chi connectivity index (χ4n) is 3.11. The monoisotopic (exact) mass is 340 g/mol. The first-order valence-electron chi connectivity index (χ1n) is 7.38. The summed E-state index contributed by atoms with van der Waals surface area (Å²) in [7, 11) is 0. The normalized spacial score (nSPS) is 21.4. The number of nitrogens with zero attached hydrogens (tertiary/aromatic N) is 2. The molecular formula is C16H15F3N2O3. The zero-order valence-electron chi connectivity index (χ0n) is 12.5. The molecule has 1 fully saturated rings. The van der Waals surface area contributed by atoms with Crippen molar-refractivity contribution in [2.45, 2.75) is 12.7 Å². The highest BCUT2D eigenvalue weighted by Crippen LogP contribution is 2.37. The lowest BCUT2D eigenvalue weighted by molar-refractivity contribution is -0.188. The molecule has 1 aromatic heterocycles. The Bertz CT molecular complexity index is 784. The fourth-order valence-corrected chi connectivity index (χ4v) is 3.11. The van der Waals surface area contributed by atoms with Crippen molar-refractivity contribution in [2.24, 2.45) is 11.8 Å². The van der Waals surface area contributed by atoms with Crippen molar-refractivity contribution in [3.63, 3.8) is 0 Å². The van der Waals surface area contributed by atoms with E-state index >= 15 is 0 Å². The molecule has 0 bridgehead atoms. The predicted molar refractivity (Wildman–Crippen MR) is 79.2 cm³/mol. The number of halogens is 3. The number of alkyl halides is 3. The van der Waals surface area contributed by atoms with Crippen LogP contribution >= 0.6 is 0 Å². The van der Waals surface area contributed by atoms with Gasteiger partial charge in [-0.2, -0.15) is 13.2 Å². The standard InChI is InChI=1S/C16H15F3N2O3/c17-16(18,19)12-8-21(7-11(12)15(23)24)14(22)9-20-6-5-10-3-1-2-4-13(10)20/h1-6,11-12H,7-9H2,(H,23,24)/t11-,12-/m1/s1. The van der Waals surface area contributed by atoms with Crippen LogP contribution in [0.15, 0.2) is 36.5 Å². The highest BCUT2D eigenvalue weighted by molar-refractivity contribution is 5.84. The molecule has 0 spiro atoms. The first-order chi connectivity index (χ1) is 11.3. The molecule has 3 rings (SSSR count). The molecule has 0 saturated carbocycles. The summed E-state index contributed by atoms with van der Waals surface area (Å²) in [4.78, 5) is 24.4. The predicted octanol–water partition coefficient (Wildman–Crippen LogP) is 2.36. The quantitative estimate of drug-likeness (QED) is 0.933. The molecular weight excluding hydrogens is 325 g/mol.